The zero-order valence-corrected chi connectivity index (χ0v) is 11.4. The van der Waals surface area contributed by atoms with Crippen LogP contribution in [0.1, 0.15) is 6.92 Å². The monoisotopic (exact) mass is 265 g/mol. The molecule has 0 bridgehead atoms. The normalized spacial score (nSPS) is 10.3. The molecule has 0 aliphatic carbocycles. The number of benzene rings is 1. The minimum absolute atomic E-state index is 0.342. The second-order valence-corrected chi connectivity index (χ2v) is 3.60. The number of methoxy groups -OCH3 is 2. The highest BCUT2D eigenvalue weighted by atomic mass is 16.5. The van der Waals surface area contributed by atoms with Crippen molar-refractivity contribution in [2.45, 2.75) is 6.92 Å². The number of nitrogens with one attached hydrogen (secondary N) is 1. The van der Waals surface area contributed by atoms with Crippen LogP contribution in [-0.2, 0) is 9.53 Å². The van der Waals surface area contributed by atoms with E-state index in [0.29, 0.717) is 18.9 Å². The number of esters is 1. The topological polar surface area (TPSA) is 56.8 Å². The fourth-order valence-electron chi connectivity index (χ4n) is 1.46. The molecule has 0 heterocycles. The summed E-state index contributed by atoms with van der Waals surface area (Å²) in [6.45, 7) is 2.65. The van der Waals surface area contributed by atoms with Crippen LogP contribution in [0, 0.1) is 0 Å². The molecule has 0 aliphatic heterocycles. The average molecular weight is 265 g/mol. The van der Waals surface area contributed by atoms with E-state index >= 15 is 0 Å². The quantitative estimate of drug-likeness (QED) is 0.605. The molecule has 0 unspecified atom stereocenters. The van der Waals surface area contributed by atoms with Gasteiger partial charge in [0.25, 0.3) is 0 Å². The van der Waals surface area contributed by atoms with Gasteiger partial charge in [-0.15, -0.1) is 0 Å². The van der Waals surface area contributed by atoms with E-state index in [1.165, 1.54) is 6.08 Å². The van der Waals surface area contributed by atoms with Crippen LogP contribution in [0.2, 0.25) is 0 Å². The Balaban J connectivity index is 2.55. The molecule has 0 amide bonds. The van der Waals surface area contributed by atoms with Crippen molar-refractivity contribution in [3.05, 3.63) is 30.4 Å². The van der Waals surface area contributed by atoms with Crippen molar-refractivity contribution in [2.75, 3.05) is 32.7 Å². The predicted octanol–water partition coefficient (Wildman–Crippen LogP) is 2.24. The van der Waals surface area contributed by atoms with Crippen molar-refractivity contribution in [1.29, 1.82) is 0 Å². The Morgan fingerprint density at radius 3 is 2.74 bits per heavy atom. The molecule has 0 fully saturated rings. The third kappa shape index (κ3) is 4.91. The van der Waals surface area contributed by atoms with Crippen LogP contribution in [0.3, 0.4) is 0 Å². The lowest BCUT2D eigenvalue weighted by Gasteiger charge is -2.11. The van der Waals surface area contributed by atoms with Gasteiger partial charge in [0.05, 0.1) is 26.5 Å². The van der Waals surface area contributed by atoms with Gasteiger partial charge in [0, 0.05) is 18.7 Å². The first kappa shape index (κ1) is 14.9. The van der Waals surface area contributed by atoms with Crippen LogP contribution in [0.15, 0.2) is 30.4 Å². The number of carbonyl (C=O) groups excluding carboxylic acids is 1. The summed E-state index contributed by atoms with van der Waals surface area (Å²) in [5.74, 6) is 1.07. The molecule has 0 atom stereocenters. The summed E-state index contributed by atoms with van der Waals surface area (Å²) in [6, 6.07) is 5.48. The van der Waals surface area contributed by atoms with Gasteiger partial charge in [-0.25, -0.2) is 4.79 Å². The second kappa shape index (κ2) is 8.02. The van der Waals surface area contributed by atoms with E-state index in [4.69, 9.17) is 14.2 Å². The summed E-state index contributed by atoms with van der Waals surface area (Å²) < 4.78 is 15.1. The van der Waals surface area contributed by atoms with Gasteiger partial charge in [0.2, 0.25) is 0 Å². The van der Waals surface area contributed by atoms with Crippen LogP contribution in [0.5, 0.6) is 11.5 Å². The van der Waals surface area contributed by atoms with Crippen LogP contribution < -0.4 is 14.8 Å². The highest BCUT2D eigenvalue weighted by Crippen LogP contribution is 2.28. The van der Waals surface area contributed by atoms with Gasteiger partial charge < -0.3 is 19.5 Å². The highest BCUT2D eigenvalue weighted by Gasteiger charge is 2.03. The van der Waals surface area contributed by atoms with E-state index in [1.54, 1.807) is 33.3 Å². The van der Waals surface area contributed by atoms with E-state index in [2.05, 4.69) is 5.32 Å². The first-order valence-electron chi connectivity index (χ1n) is 6.00. The van der Waals surface area contributed by atoms with Crippen molar-refractivity contribution in [3.8, 4) is 11.5 Å². The fraction of sp³-hybridized carbons (Fsp3) is 0.357. The Kier molecular flexibility index (Phi) is 6.29. The number of anilines is 1. The van der Waals surface area contributed by atoms with Gasteiger partial charge in [-0.1, -0.05) is 6.08 Å². The van der Waals surface area contributed by atoms with E-state index < -0.39 is 0 Å². The summed E-state index contributed by atoms with van der Waals surface area (Å²) in [5.41, 5.74) is 0.830. The minimum Gasteiger partial charge on any atom is -0.497 e. The van der Waals surface area contributed by atoms with Gasteiger partial charge in [-0.05, 0) is 19.1 Å². The number of ether oxygens (including phenoxy) is 3. The van der Waals surface area contributed by atoms with Crippen LogP contribution in [0.25, 0.3) is 0 Å². The molecule has 1 aromatic carbocycles. The number of hydrogen-bond donors (Lipinski definition) is 1. The Bertz CT molecular complexity index is 443. The summed E-state index contributed by atoms with van der Waals surface area (Å²) >= 11 is 0. The zero-order chi connectivity index (χ0) is 14.1. The van der Waals surface area contributed by atoms with Crippen molar-refractivity contribution < 1.29 is 19.0 Å². The molecule has 1 aromatic rings. The molecule has 5 heteroatoms. The van der Waals surface area contributed by atoms with Crippen molar-refractivity contribution in [1.82, 2.24) is 0 Å². The van der Waals surface area contributed by atoms with Gasteiger partial charge in [0.1, 0.15) is 11.5 Å². The number of rotatable bonds is 7. The molecule has 19 heavy (non-hydrogen) atoms. The minimum atomic E-state index is -0.342. The number of carbonyl (C=O) groups is 1. The van der Waals surface area contributed by atoms with Crippen LogP contribution in [0.4, 0.5) is 5.69 Å². The van der Waals surface area contributed by atoms with E-state index in [9.17, 15) is 4.79 Å². The van der Waals surface area contributed by atoms with Gasteiger partial charge >= 0.3 is 5.97 Å². The van der Waals surface area contributed by atoms with E-state index in [1.807, 2.05) is 12.1 Å². The zero-order valence-electron chi connectivity index (χ0n) is 11.4. The SMILES string of the molecule is CCOC(=O)/C=C/CNc1ccc(OC)cc1OC. The average Bonchev–Trinajstić information content (AvgIpc) is 2.44. The summed E-state index contributed by atoms with van der Waals surface area (Å²) in [6.07, 6.45) is 3.09. The third-order valence-electron chi connectivity index (χ3n) is 2.36. The van der Waals surface area contributed by atoms with Gasteiger partial charge in [-0.2, -0.15) is 0 Å². The maximum atomic E-state index is 11.1. The molecular weight excluding hydrogens is 246 g/mol. The summed E-state index contributed by atoms with van der Waals surface area (Å²) in [5, 5.41) is 3.14. The second-order valence-electron chi connectivity index (χ2n) is 3.60. The molecule has 0 radical (unpaired) electrons. The summed E-state index contributed by atoms with van der Waals surface area (Å²) in [7, 11) is 3.19. The molecular formula is C14H19NO4. The lowest BCUT2D eigenvalue weighted by molar-refractivity contribution is -0.137. The number of hydrogen-bond acceptors (Lipinski definition) is 5. The maximum absolute atomic E-state index is 11.1. The molecule has 0 spiro atoms. The smallest absolute Gasteiger partial charge is 0.330 e. The Morgan fingerprint density at radius 2 is 2.11 bits per heavy atom. The highest BCUT2D eigenvalue weighted by molar-refractivity contribution is 5.81. The van der Waals surface area contributed by atoms with Crippen LogP contribution in [-0.4, -0.2) is 33.3 Å². The van der Waals surface area contributed by atoms with Crippen LogP contribution >= 0.6 is 0 Å². The van der Waals surface area contributed by atoms with Gasteiger partial charge in [-0.3, -0.25) is 0 Å². The predicted molar refractivity (Wildman–Crippen MR) is 73.8 cm³/mol. The van der Waals surface area contributed by atoms with Crippen molar-refractivity contribution >= 4 is 11.7 Å². The van der Waals surface area contributed by atoms with E-state index in [-0.39, 0.29) is 5.97 Å². The molecule has 1 N–H and O–H groups in total. The lowest BCUT2D eigenvalue weighted by Crippen LogP contribution is -2.03. The Morgan fingerprint density at radius 1 is 1.32 bits per heavy atom. The molecule has 104 valence electrons. The summed E-state index contributed by atoms with van der Waals surface area (Å²) in [4.78, 5) is 11.1. The Hall–Kier alpha value is -2.17. The largest absolute Gasteiger partial charge is 0.497 e. The first-order valence-corrected chi connectivity index (χ1v) is 6.00. The first-order chi connectivity index (χ1) is 9.21. The van der Waals surface area contributed by atoms with Gasteiger partial charge in [0.15, 0.2) is 0 Å². The third-order valence-corrected chi connectivity index (χ3v) is 2.36. The maximum Gasteiger partial charge on any atom is 0.330 e. The van der Waals surface area contributed by atoms with Crippen molar-refractivity contribution in [2.24, 2.45) is 0 Å². The molecule has 5 nitrogen and oxygen atoms in total. The standard InChI is InChI=1S/C14H19NO4/c1-4-19-14(16)6-5-9-15-12-8-7-11(17-2)10-13(12)18-3/h5-8,10,15H,4,9H2,1-3H3/b6-5+. The lowest BCUT2D eigenvalue weighted by atomic mass is 10.2. The molecule has 0 aromatic heterocycles. The molecule has 0 aliphatic rings. The molecule has 0 saturated carbocycles. The van der Waals surface area contributed by atoms with E-state index in [0.717, 1.165) is 11.4 Å². The fourth-order valence-corrected chi connectivity index (χ4v) is 1.46. The van der Waals surface area contributed by atoms with Crippen molar-refractivity contribution in [3.63, 3.8) is 0 Å². The Labute approximate surface area is 113 Å². The molecule has 0 saturated heterocycles. The molecule has 1 rings (SSSR count).